The Morgan fingerprint density at radius 2 is 1.64 bits per heavy atom. The molecule has 5 heteroatoms. The molecule has 28 heavy (non-hydrogen) atoms. The van der Waals surface area contributed by atoms with Crippen molar-refractivity contribution in [2.75, 3.05) is 31.2 Å². The van der Waals surface area contributed by atoms with Gasteiger partial charge in [0.2, 0.25) is 0 Å². The highest BCUT2D eigenvalue weighted by atomic mass is 127. The summed E-state index contributed by atoms with van der Waals surface area (Å²) >= 11 is 0. The highest BCUT2D eigenvalue weighted by Gasteiger charge is 2.18. The zero-order valence-corrected chi connectivity index (χ0v) is 17.5. The SMILES string of the molecule is [I-].c1ccc2c(c1)ccc1n3c(ccc4cc(N5CCOCC5)ccc43)c[n+]21. The van der Waals surface area contributed by atoms with Crippen LogP contribution in [0, 0.1) is 0 Å². The summed E-state index contributed by atoms with van der Waals surface area (Å²) in [4.78, 5) is 2.41. The van der Waals surface area contributed by atoms with Crippen LogP contribution in [0.3, 0.4) is 0 Å². The van der Waals surface area contributed by atoms with E-state index < -0.39 is 0 Å². The minimum absolute atomic E-state index is 0. The first-order valence-corrected chi connectivity index (χ1v) is 9.49. The smallest absolute Gasteiger partial charge is 0.292 e. The molecule has 5 aromatic rings. The first kappa shape index (κ1) is 17.7. The molecule has 0 N–H and O–H groups in total. The molecule has 1 fully saturated rings. The van der Waals surface area contributed by atoms with Gasteiger partial charge in [0.05, 0.1) is 13.2 Å². The van der Waals surface area contributed by atoms with Crippen LogP contribution in [0.5, 0.6) is 0 Å². The maximum absolute atomic E-state index is 5.49. The van der Waals surface area contributed by atoms with E-state index in [1.807, 2.05) is 0 Å². The fraction of sp³-hybridized carbons (Fsp3) is 0.174. The molecule has 6 rings (SSSR count). The number of morpholine rings is 1. The first-order chi connectivity index (χ1) is 13.4. The van der Waals surface area contributed by atoms with Crippen molar-refractivity contribution >= 4 is 38.7 Å². The molecule has 0 atom stereocenters. The summed E-state index contributed by atoms with van der Waals surface area (Å²) in [7, 11) is 0. The molecule has 4 heterocycles. The molecule has 4 nitrogen and oxygen atoms in total. The average Bonchev–Trinajstić information content (AvgIpc) is 3.13. The first-order valence-electron chi connectivity index (χ1n) is 9.49. The van der Waals surface area contributed by atoms with Gasteiger partial charge in [-0.15, -0.1) is 0 Å². The van der Waals surface area contributed by atoms with Crippen LogP contribution in [0.4, 0.5) is 5.69 Å². The molecule has 0 spiro atoms. The van der Waals surface area contributed by atoms with E-state index in [4.69, 9.17) is 4.74 Å². The Morgan fingerprint density at radius 1 is 0.821 bits per heavy atom. The van der Waals surface area contributed by atoms with Gasteiger partial charge in [0.25, 0.3) is 5.65 Å². The molecule has 140 valence electrons. The number of benzene rings is 2. The molecule has 0 bridgehead atoms. The Kier molecular flexibility index (Phi) is 4.36. The van der Waals surface area contributed by atoms with Crippen LogP contribution in [0.1, 0.15) is 0 Å². The van der Waals surface area contributed by atoms with Crippen LogP contribution < -0.4 is 33.3 Å². The van der Waals surface area contributed by atoms with Gasteiger partial charge in [-0.3, -0.25) is 0 Å². The summed E-state index contributed by atoms with van der Waals surface area (Å²) in [6.07, 6.45) is 2.23. The highest BCUT2D eigenvalue weighted by Crippen LogP contribution is 2.26. The van der Waals surface area contributed by atoms with E-state index in [2.05, 4.69) is 86.6 Å². The summed E-state index contributed by atoms with van der Waals surface area (Å²) < 4.78 is 10.1. The van der Waals surface area contributed by atoms with E-state index in [0.29, 0.717) is 0 Å². The van der Waals surface area contributed by atoms with Crippen molar-refractivity contribution in [2.24, 2.45) is 0 Å². The molecule has 0 saturated carbocycles. The number of para-hydroxylation sites is 1. The molecule has 3 aromatic heterocycles. The highest BCUT2D eigenvalue weighted by molar-refractivity contribution is 5.88. The monoisotopic (exact) mass is 481 g/mol. The van der Waals surface area contributed by atoms with E-state index in [9.17, 15) is 0 Å². The molecule has 1 aliphatic rings. The lowest BCUT2D eigenvalue weighted by atomic mass is 10.1. The van der Waals surface area contributed by atoms with Crippen LogP contribution in [-0.4, -0.2) is 30.7 Å². The van der Waals surface area contributed by atoms with Crippen LogP contribution in [0.2, 0.25) is 0 Å². The molecule has 0 aliphatic carbocycles. The predicted octanol–water partition coefficient (Wildman–Crippen LogP) is 0.825. The zero-order valence-electron chi connectivity index (χ0n) is 15.4. The van der Waals surface area contributed by atoms with Gasteiger partial charge in [-0.05, 0) is 42.5 Å². The van der Waals surface area contributed by atoms with E-state index in [0.717, 1.165) is 26.3 Å². The Hall–Kier alpha value is -2.38. The Balaban J connectivity index is 0.00000171. The third-order valence-electron chi connectivity index (χ3n) is 5.67. The minimum atomic E-state index is 0. The third-order valence-corrected chi connectivity index (χ3v) is 5.67. The fourth-order valence-corrected chi connectivity index (χ4v) is 4.31. The Bertz CT molecular complexity index is 1320. The van der Waals surface area contributed by atoms with Gasteiger partial charge >= 0.3 is 0 Å². The van der Waals surface area contributed by atoms with E-state index in [1.165, 1.54) is 38.7 Å². The summed E-state index contributed by atoms with van der Waals surface area (Å²) in [5.74, 6) is 0. The second-order valence-corrected chi connectivity index (χ2v) is 7.19. The van der Waals surface area contributed by atoms with E-state index >= 15 is 0 Å². The largest absolute Gasteiger partial charge is 1.00 e. The topological polar surface area (TPSA) is 21.0 Å². The van der Waals surface area contributed by atoms with Crippen molar-refractivity contribution < 1.29 is 33.1 Å². The van der Waals surface area contributed by atoms with Crippen LogP contribution >= 0.6 is 0 Å². The number of fused-ring (bicyclic) bond motifs is 7. The summed E-state index contributed by atoms with van der Waals surface area (Å²) in [5, 5.41) is 2.52. The lowest BCUT2D eigenvalue weighted by Crippen LogP contribution is -3.00. The predicted molar refractivity (Wildman–Crippen MR) is 109 cm³/mol. The Labute approximate surface area is 180 Å². The lowest BCUT2D eigenvalue weighted by molar-refractivity contribution is -0.479. The number of aromatic nitrogens is 2. The maximum Gasteiger partial charge on any atom is 0.292 e. The number of imidazole rings is 1. The second-order valence-electron chi connectivity index (χ2n) is 7.19. The third kappa shape index (κ3) is 2.64. The fourth-order valence-electron chi connectivity index (χ4n) is 4.31. The van der Waals surface area contributed by atoms with Crippen LogP contribution in [0.25, 0.3) is 33.0 Å². The molecule has 1 saturated heterocycles. The standard InChI is InChI=1S/C23H20N3O.HI/c1-2-4-21-17(3-1)6-10-23-25(21)16-20-7-5-18-15-19(8-9-22(18)26(20)23)24-11-13-27-14-12-24;/h1-10,15-16H,11-14H2;1H/q+1;/p-1. The van der Waals surface area contributed by atoms with Crippen molar-refractivity contribution in [3.8, 4) is 0 Å². The Morgan fingerprint density at radius 3 is 2.54 bits per heavy atom. The van der Waals surface area contributed by atoms with Gasteiger partial charge in [-0.2, -0.15) is 8.80 Å². The molecule has 1 aliphatic heterocycles. The molecule has 0 unspecified atom stereocenters. The van der Waals surface area contributed by atoms with Gasteiger partial charge in [0.1, 0.15) is 17.2 Å². The summed E-state index contributed by atoms with van der Waals surface area (Å²) in [6, 6.07) is 24.2. The number of rotatable bonds is 1. The van der Waals surface area contributed by atoms with E-state index in [-0.39, 0.29) is 24.0 Å². The van der Waals surface area contributed by atoms with Gasteiger partial charge in [-0.1, -0.05) is 18.2 Å². The zero-order chi connectivity index (χ0) is 17.8. The van der Waals surface area contributed by atoms with Crippen LogP contribution in [-0.2, 0) is 4.74 Å². The number of hydrogen-bond donors (Lipinski definition) is 0. The number of anilines is 1. The average molecular weight is 481 g/mol. The van der Waals surface area contributed by atoms with E-state index in [1.54, 1.807) is 0 Å². The minimum Gasteiger partial charge on any atom is -1.00 e. The number of hydrogen-bond acceptors (Lipinski definition) is 2. The van der Waals surface area contributed by atoms with Crippen molar-refractivity contribution in [3.63, 3.8) is 0 Å². The molecule has 2 aromatic carbocycles. The number of nitrogens with zero attached hydrogens (tertiary/aromatic N) is 3. The summed E-state index contributed by atoms with van der Waals surface area (Å²) in [5.41, 5.74) is 6.14. The molecular weight excluding hydrogens is 461 g/mol. The molecule has 0 radical (unpaired) electrons. The van der Waals surface area contributed by atoms with Gasteiger partial charge in [0.15, 0.2) is 5.52 Å². The van der Waals surface area contributed by atoms with Crippen molar-refractivity contribution in [2.45, 2.75) is 0 Å². The summed E-state index contributed by atoms with van der Waals surface area (Å²) in [6.45, 7) is 3.54. The molecular formula is C23H20IN3O. The second kappa shape index (κ2) is 6.90. The van der Waals surface area contributed by atoms with Gasteiger partial charge in [-0.25, -0.2) is 0 Å². The van der Waals surface area contributed by atoms with Crippen molar-refractivity contribution in [3.05, 3.63) is 72.9 Å². The number of halogens is 1. The van der Waals surface area contributed by atoms with Gasteiger partial charge in [0, 0.05) is 35.6 Å². The normalized spacial score (nSPS) is 14.8. The quantitative estimate of drug-likeness (QED) is 0.261. The van der Waals surface area contributed by atoms with Crippen molar-refractivity contribution in [1.82, 2.24) is 4.40 Å². The number of pyridine rings is 2. The van der Waals surface area contributed by atoms with Gasteiger partial charge < -0.3 is 33.6 Å². The molecule has 0 amide bonds. The van der Waals surface area contributed by atoms with Crippen molar-refractivity contribution in [1.29, 1.82) is 0 Å². The maximum atomic E-state index is 5.49. The lowest BCUT2D eigenvalue weighted by Gasteiger charge is -2.28. The number of ether oxygens (including phenoxy) is 1. The van der Waals surface area contributed by atoms with Crippen LogP contribution in [0.15, 0.2) is 72.9 Å².